The number of carbonyl (C=O) groups excluding carboxylic acids is 1. The van der Waals surface area contributed by atoms with Gasteiger partial charge in [-0.1, -0.05) is 31.2 Å². The van der Waals surface area contributed by atoms with E-state index in [0.29, 0.717) is 41.3 Å². The number of rotatable bonds is 8. The van der Waals surface area contributed by atoms with E-state index < -0.39 is 6.98 Å². The van der Waals surface area contributed by atoms with Gasteiger partial charge >= 0.3 is 0 Å². The molecule has 32 heavy (non-hydrogen) atoms. The van der Waals surface area contributed by atoms with Crippen LogP contribution in [0, 0.1) is 23.2 Å². The molecule has 162 valence electrons. The standard InChI is InChI=1S/C25H25N5O2/c1-16-12-20(16)25(31)30-23-13-21-18(14-29-24(27-2)22(21)15-28-23)7-4-17-5-8-19(9-6-17)32-11-3-10-26/h4-9,13-16,20H,3,11-12H2,1-2H3,(H,27,29)(H,28,30,31)/b7-4+/i2D3. The third kappa shape index (κ3) is 4.86. The first-order valence-electron chi connectivity index (χ1n) is 11.9. The van der Waals surface area contributed by atoms with Crippen LogP contribution in [0.4, 0.5) is 11.6 Å². The predicted molar refractivity (Wildman–Crippen MR) is 126 cm³/mol. The van der Waals surface area contributed by atoms with Crippen LogP contribution >= 0.6 is 0 Å². The molecule has 2 unspecified atom stereocenters. The average Bonchev–Trinajstić information content (AvgIpc) is 3.55. The van der Waals surface area contributed by atoms with Crippen molar-refractivity contribution in [2.45, 2.75) is 19.8 Å². The maximum absolute atomic E-state index is 12.4. The van der Waals surface area contributed by atoms with E-state index in [-0.39, 0.29) is 17.6 Å². The third-order valence-corrected chi connectivity index (χ3v) is 5.44. The molecule has 1 fully saturated rings. The number of anilines is 2. The van der Waals surface area contributed by atoms with E-state index in [1.165, 1.54) is 6.20 Å². The highest BCUT2D eigenvalue weighted by Crippen LogP contribution is 2.38. The van der Waals surface area contributed by atoms with Gasteiger partial charge in [0, 0.05) is 40.3 Å². The quantitative estimate of drug-likeness (QED) is 0.501. The molecule has 1 aliphatic carbocycles. The molecule has 3 aromatic rings. The smallest absolute Gasteiger partial charge is 0.228 e. The molecular formula is C25H25N5O2. The largest absolute Gasteiger partial charge is 0.493 e. The molecule has 0 spiro atoms. The van der Waals surface area contributed by atoms with Crippen molar-refractivity contribution in [1.82, 2.24) is 9.97 Å². The monoisotopic (exact) mass is 430 g/mol. The van der Waals surface area contributed by atoms with Gasteiger partial charge in [0.15, 0.2) is 0 Å². The Morgan fingerprint density at radius 3 is 2.81 bits per heavy atom. The summed E-state index contributed by atoms with van der Waals surface area (Å²) >= 11 is 0. The van der Waals surface area contributed by atoms with E-state index in [9.17, 15) is 4.79 Å². The Bertz CT molecular complexity index is 1300. The van der Waals surface area contributed by atoms with Crippen molar-refractivity contribution in [3.05, 3.63) is 53.9 Å². The second kappa shape index (κ2) is 9.48. The van der Waals surface area contributed by atoms with E-state index in [1.807, 2.05) is 49.4 Å². The highest BCUT2D eigenvalue weighted by molar-refractivity contribution is 6.01. The van der Waals surface area contributed by atoms with Gasteiger partial charge in [-0.2, -0.15) is 5.26 Å². The Hall–Kier alpha value is -3.92. The van der Waals surface area contributed by atoms with Gasteiger partial charge in [-0.25, -0.2) is 9.97 Å². The van der Waals surface area contributed by atoms with Gasteiger partial charge in [0.25, 0.3) is 0 Å². The molecular weight excluding hydrogens is 402 g/mol. The lowest BCUT2D eigenvalue weighted by molar-refractivity contribution is -0.117. The van der Waals surface area contributed by atoms with Crippen molar-refractivity contribution in [3.8, 4) is 11.8 Å². The number of nitriles is 1. The molecule has 4 rings (SSSR count). The number of hydrogen-bond acceptors (Lipinski definition) is 6. The molecule has 1 amide bonds. The first-order valence-corrected chi connectivity index (χ1v) is 10.4. The number of hydrogen-bond donors (Lipinski definition) is 2. The second-order valence-corrected chi connectivity index (χ2v) is 7.77. The molecule has 0 aliphatic heterocycles. The van der Waals surface area contributed by atoms with E-state index in [4.69, 9.17) is 14.1 Å². The summed E-state index contributed by atoms with van der Waals surface area (Å²) in [7, 11) is 0. The van der Waals surface area contributed by atoms with Crippen molar-refractivity contribution in [2.24, 2.45) is 11.8 Å². The number of pyridine rings is 2. The van der Waals surface area contributed by atoms with E-state index in [0.717, 1.165) is 17.5 Å². The van der Waals surface area contributed by atoms with E-state index in [1.54, 1.807) is 12.3 Å². The highest BCUT2D eigenvalue weighted by Gasteiger charge is 2.39. The molecule has 2 heterocycles. The molecule has 1 aromatic carbocycles. The number of amides is 1. The van der Waals surface area contributed by atoms with Crippen LogP contribution < -0.4 is 15.4 Å². The maximum Gasteiger partial charge on any atom is 0.228 e. The van der Waals surface area contributed by atoms with E-state index in [2.05, 4.69) is 20.6 Å². The van der Waals surface area contributed by atoms with E-state index >= 15 is 0 Å². The summed E-state index contributed by atoms with van der Waals surface area (Å²) in [5, 5.41) is 15.2. The topological polar surface area (TPSA) is 99.9 Å². The minimum Gasteiger partial charge on any atom is -0.493 e. The number of carbonyl (C=O) groups is 1. The fourth-order valence-corrected chi connectivity index (χ4v) is 3.44. The van der Waals surface area contributed by atoms with Gasteiger partial charge < -0.3 is 15.4 Å². The van der Waals surface area contributed by atoms with Gasteiger partial charge in [0.2, 0.25) is 5.91 Å². The first kappa shape index (κ1) is 17.7. The highest BCUT2D eigenvalue weighted by atomic mass is 16.5. The summed E-state index contributed by atoms with van der Waals surface area (Å²) in [4.78, 5) is 21.0. The molecule has 7 nitrogen and oxygen atoms in total. The van der Waals surface area contributed by atoms with Crippen molar-refractivity contribution < 1.29 is 13.6 Å². The van der Waals surface area contributed by atoms with Gasteiger partial charge in [-0.3, -0.25) is 4.79 Å². The minimum atomic E-state index is -2.41. The van der Waals surface area contributed by atoms with Crippen LogP contribution in [0.25, 0.3) is 22.9 Å². The Morgan fingerprint density at radius 2 is 2.09 bits per heavy atom. The van der Waals surface area contributed by atoms with Crippen LogP contribution in [0.5, 0.6) is 5.75 Å². The third-order valence-electron chi connectivity index (χ3n) is 5.44. The number of benzene rings is 1. The zero-order valence-electron chi connectivity index (χ0n) is 20.6. The number of nitrogens with zero attached hydrogens (tertiary/aromatic N) is 3. The number of nitrogens with one attached hydrogen (secondary N) is 2. The molecule has 2 N–H and O–H groups in total. The lowest BCUT2D eigenvalue weighted by Crippen LogP contribution is -2.15. The summed E-state index contributed by atoms with van der Waals surface area (Å²) in [6.07, 6.45) is 8.07. The summed E-state index contributed by atoms with van der Waals surface area (Å²) in [6, 6.07) is 11.2. The zero-order chi connectivity index (χ0) is 25.0. The number of fused-ring (bicyclic) bond motifs is 1. The van der Waals surface area contributed by atoms with Crippen LogP contribution in [-0.4, -0.2) is 29.5 Å². The van der Waals surface area contributed by atoms with Crippen molar-refractivity contribution >= 4 is 40.5 Å². The van der Waals surface area contributed by atoms with Gasteiger partial charge in [0.1, 0.15) is 24.0 Å². The molecule has 2 atom stereocenters. The van der Waals surface area contributed by atoms with Crippen molar-refractivity contribution in [1.29, 1.82) is 5.26 Å². The molecule has 1 aliphatic rings. The van der Waals surface area contributed by atoms with Crippen molar-refractivity contribution in [3.63, 3.8) is 0 Å². The Morgan fingerprint density at radius 1 is 1.28 bits per heavy atom. The van der Waals surface area contributed by atoms with Gasteiger partial charge in [-0.15, -0.1) is 0 Å². The number of aromatic nitrogens is 2. The predicted octanol–water partition coefficient (Wildman–Crippen LogP) is 4.73. The summed E-state index contributed by atoms with van der Waals surface area (Å²) in [5.74, 6) is 1.59. The van der Waals surface area contributed by atoms with Crippen LogP contribution in [-0.2, 0) is 4.79 Å². The fraction of sp³-hybridized carbons (Fsp3) is 0.280. The lowest BCUT2D eigenvalue weighted by atomic mass is 10.1. The zero-order valence-corrected chi connectivity index (χ0v) is 17.6. The van der Waals surface area contributed by atoms with Gasteiger partial charge in [-0.05, 0) is 41.5 Å². The van der Waals surface area contributed by atoms with Crippen molar-refractivity contribution in [2.75, 3.05) is 24.2 Å². The van der Waals surface area contributed by atoms with Crippen LogP contribution in [0.1, 0.15) is 35.0 Å². The Kier molecular flexibility index (Phi) is 5.25. The van der Waals surface area contributed by atoms with Crippen LogP contribution in [0.15, 0.2) is 42.7 Å². The Labute approximate surface area is 191 Å². The van der Waals surface area contributed by atoms with Crippen LogP contribution in [0.3, 0.4) is 0 Å². The molecule has 0 saturated heterocycles. The summed E-state index contributed by atoms with van der Waals surface area (Å²) in [6.45, 7) is -0.0414. The molecule has 1 saturated carbocycles. The molecule has 7 heteroatoms. The average molecular weight is 431 g/mol. The molecule has 2 aromatic heterocycles. The number of ether oxygens (including phenoxy) is 1. The first-order chi connectivity index (χ1) is 16.7. The SMILES string of the molecule is [2H]C([2H])([2H])Nc1ncc(/C=C/c2ccc(OCCC#N)cc2)c2cc(NC(=O)C3CC3C)ncc12. The summed E-state index contributed by atoms with van der Waals surface area (Å²) in [5.41, 5.74) is 1.66. The second-order valence-electron chi connectivity index (χ2n) is 7.77. The Balaban J connectivity index is 1.62. The molecule has 0 radical (unpaired) electrons. The maximum atomic E-state index is 12.4. The normalized spacial score (nSPS) is 18.9. The molecule has 0 bridgehead atoms. The minimum absolute atomic E-state index is 0.00365. The van der Waals surface area contributed by atoms with Gasteiger partial charge in [0.05, 0.1) is 12.5 Å². The fourth-order valence-electron chi connectivity index (χ4n) is 3.44. The van der Waals surface area contributed by atoms with Crippen LogP contribution in [0.2, 0.25) is 0 Å². The lowest BCUT2D eigenvalue weighted by Gasteiger charge is -2.10. The summed E-state index contributed by atoms with van der Waals surface area (Å²) < 4.78 is 28.1.